The second-order valence-electron chi connectivity index (χ2n) is 9.52. The number of ketones is 1. The quantitative estimate of drug-likeness (QED) is 0.483. The predicted octanol–water partition coefficient (Wildman–Crippen LogP) is 4.18. The van der Waals surface area contributed by atoms with E-state index in [0.717, 1.165) is 35.2 Å². The van der Waals surface area contributed by atoms with Crippen molar-refractivity contribution in [1.29, 1.82) is 0 Å². The summed E-state index contributed by atoms with van der Waals surface area (Å²) in [6, 6.07) is 12.0. The van der Waals surface area contributed by atoms with Crippen LogP contribution in [0, 0.1) is 19.8 Å². The van der Waals surface area contributed by atoms with Crippen molar-refractivity contribution in [2.24, 2.45) is 11.7 Å². The number of carboxylic acids is 1. The first-order chi connectivity index (χ1) is 16.1. The highest BCUT2D eigenvalue weighted by Gasteiger charge is 2.44. The van der Waals surface area contributed by atoms with Crippen LogP contribution in [0.25, 0.3) is 0 Å². The lowest BCUT2D eigenvalue weighted by molar-refractivity contribution is -0.141. The second-order valence-corrected chi connectivity index (χ2v) is 9.52. The van der Waals surface area contributed by atoms with Crippen molar-refractivity contribution in [3.63, 3.8) is 0 Å². The van der Waals surface area contributed by atoms with Crippen molar-refractivity contribution in [2.75, 3.05) is 5.32 Å². The highest BCUT2D eigenvalue weighted by atomic mass is 16.5. The summed E-state index contributed by atoms with van der Waals surface area (Å²) in [4.78, 5) is 36.8. The van der Waals surface area contributed by atoms with Gasteiger partial charge >= 0.3 is 5.97 Å². The summed E-state index contributed by atoms with van der Waals surface area (Å²) < 4.78 is 6.21. The van der Waals surface area contributed by atoms with E-state index in [1.54, 1.807) is 19.1 Å². The van der Waals surface area contributed by atoms with Gasteiger partial charge in [0.15, 0.2) is 11.4 Å². The third-order valence-corrected chi connectivity index (χ3v) is 6.43. The van der Waals surface area contributed by atoms with E-state index in [0.29, 0.717) is 18.6 Å². The maximum atomic E-state index is 13.1. The largest absolute Gasteiger partial charge is 0.480 e. The number of nitrogens with two attached hydrogens (primary N) is 1. The minimum atomic E-state index is -1.11. The number of aryl methyl sites for hydroxylation is 2. The fraction of sp³-hybridized carbons (Fsp3) is 0.444. The molecule has 7 nitrogen and oxygen atoms in total. The Morgan fingerprint density at radius 3 is 2.21 bits per heavy atom. The SMILES string of the molecule is Cc1cc(C)cc(NC(=O)Cc2ccc(OC3(C(=O)CC(C)[C@@H](N)C(=O)O)CCCC3)cc2)c1. The van der Waals surface area contributed by atoms with E-state index in [9.17, 15) is 14.4 Å². The van der Waals surface area contributed by atoms with Crippen LogP contribution < -0.4 is 15.8 Å². The van der Waals surface area contributed by atoms with Crippen LogP contribution in [0.3, 0.4) is 0 Å². The molecule has 1 aliphatic carbocycles. The summed E-state index contributed by atoms with van der Waals surface area (Å²) in [5, 5.41) is 12.1. The molecular weight excluding hydrogens is 432 g/mol. The summed E-state index contributed by atoms with van der Waals surface area (Å²) in [5.74, 6) is -1.25. The average molecular weight is 467 g/mol. The first kappa shape index (κ1) is 25.4. The van der Waals surface area contributed by atoms with Gasteiger partial charge in [0, 0.05) is 12.1 Å². The van der Waals surface area contributed by atoms with E-state index in [2.05, 4.69) is 11.4 Å². The fourth-order valence-corrected chi connectivity index (χ4v) is 4.57. The zero-order valence-electron chi connectivity index (χ0n) is 20.1. The topological polar surface area (TPSA) is 119 Å². The first-order valence-electron chi connectivity index (χ1n) is 11.8. The third-order valence-electron chi connectivity index (χ3n) is 6.43. The molecule has 0 spiro atoms. The molecule has 2 aromatic carbocycles. The van der Waals surface area contributed by atoms with Gasteiger partial charge in [0.05, 0.1) is 6.42 Å². The minimum Gasteiger partial charge on any atom is -0.480 e. The lowest BCUT2D eigenvalue weighted by atomic mass is 9.87. The summed E-state index contributed by atoms with van der Waals surface area (Å²) in [7, 11) is 0. The molecule has 2 aromatic rings. The number of hydrogen-bond donors (Lipinski definition) is 3. The number of rotatable bonds is 10. The Hall–Kier alpha value is -3.19. The Morgan fingerprint density at radius 1 is 1.06 bits per heavy atom. The number of amides is 1. The van der Waals surface area contributed by atoms with Crippen LogP contribution in [0.1, 0.15) is 55.7 Å². The molecule has 1 aliphatic rings. The highest BCUT2D eigenvalue weighted by Crippen LogP contribution is 2.37. The molecule has 7 heteroatoms. The summed E-state index contributed by atoms with van der Waals surface area (Å²) in [6.45, 7) is 5.66. The Morgan fingerprint density at radius 2 is 1.65 bits per heavy atom. The van der Waals surface area contributed by atoms with Gasteiger partial charge in [-0.3, -0.25) is 14.4 Å². The summed E-state index contributed by atoms with van der Waals surface area (Å²) >= 11 is 0. The Kier molecular flexibility index (Phi) is 8.10. The number of carbonyl (C=O) groups excluding carboxylic acids is 2. The molecule has 1 saturated carbocycles. The number of carbonyl (C=O) groups is 3. The van der Waals surface area contributed by atoms with Crippen LogP contribution in [0.4, 0.5) is 5.69 Å². The molecule has 34 heavy (non-hydrogen) atoms. The van der Waals surface area contributed by atoms with Crippen molar-refractivity contribution < 1.29 is 24.2 Å². The summed E-state index contributed by atoms with van der Waals surface area (Å²) in [6.07, 6.45) is 3.23. The number of carboxylic acid groups (broad SMARTS) is 1. The van der Waals surface area contributed by atoms with Gasteiger partial charge in [-0.2, -0.15) is 0 Å². The van der Waals surface area contributed by atoms with Gasteiger partial charge in [0.2, 0.25) is 5.91 Å². The maximum Gasteiger partial charge on any atom is 0.320 e. The van der Waals surface area contributed by atoms with Crippen molar-refractivity contribution in [2.45, 2.75) is 70.9 Å². The van der Waals surface area contributed by atoms with Gasteiger partial charge in [-0.25, -0.2) is 0 Å². The molecule has 1 unspecified atom stereocenters. The molecule has 0 bridgehead atoms. The molecular formula is C27H34N2O5. The first-order valence-corrected chi connectivity index (χ1v) is 11.8. The van der Waals surface area contributed by atoms with E-state index in [4.69, 9.17) is 15.6 Å². The van der Waals surface area contributed by atoms with E-state index in [-0.39, 0.29) is 24.5 Å². The standard InChI is InChI=1S/C27H34N2O5/c1-17-12-18(2)14-21(13-17)29-24(31)16-20-6-8-22(9-7-20)34-27(10-4-5-11-27)23(30)15-19(3)25(28)26(32)33/h6-9,12-14,19,25H,4-5,10-11,15-16,28H2,1-3H3,(H,29,31)(H,32,33)/t19?,25-/m1/s1. The van der Waals surface area contributed by atoms with Gasteiger partial charge in [-0.05, 0) is 86.4 Å². The normalized spacial score (nSPS) is 16.5. The molecule has 0 aliphatic heterocycles. The second kappa shape index (κ2) is 10.8. The van der Waals surface area contributed by atoms with E-state index < -0.39 is 23.5 Å². The van der Waals surface area contributed by atoms with Gasteiger partial charge in [-0.1, -0.05) is 25.1 Å². The number of benzene rings is 2. The van der Waals surface area contributed by atoms with Crippen LogP contribution in [-0.4, -0.2) is 34.4 Å². The van der Waals surface area contributed by atoms with Crippen LogP contribution in [0.15, 0.2) is 42.5 Å². The molecule has 2 atom stereocenters. The smallest absolute Gasteiger partial charge is 0.320 e. The average Bonchev–Trinajstić information content (AvgIpc) is 3.23. The molecule has 0 saturated heterocycles. The fourth-order valence-electron chi connectivity index (χ4n) is 4.57. The molecule has 182 valence electrons. The number of Topliss-reactive ketones (excluding diaryl/α,β-unsaturated/α-hetero) is 1. The van der Waals surface area contributed by atoms with Crippen LogP contribution in [0.5, 0.6) is 5.75 Å². The zero-order chi connectivity index (χ0) is 24.9. The Balaban J connectivity index is 1.63. The molecule has 1 fully saturated rings. The number of hydrogen-bond acceptors (Lipinski definition) is 5. The molecule has 0 aromatic heterocycles. The Labute approximate surface area is 200 Å². The van der Waals surface area contributed by atoms with Crippen molar-refractivity contribution in [3.8, 4) is 5.75 Å². The summed E-state index contributed by atoms with van der Waals surface area (Å²) in [5.41, 5.74) is 8.54. The lowest BCUT2D eigenvalue weighted by Crippen LogP contribution is -2.45. The van der Waals surface area contributed by atoms with E-state index in [1.165, 1.54) is 0 Å². The van der Waals surface area contributed by atoms with Crippen LogP contribution >= 0.6 is 0 Å². The van der Waals surface area contributed by atoms with Crippen molar-refractivity contribution in [3.05, 3.63) is 59.2 Å². The molecule has 4 N–H and O–H groups in total. The van der Waals surface area contributed by atoms with Gasteiger partial charge < -0.3 is 20.9 Å². The van der Waals surface area contributed by atoms with Crippen molar-refractivity contribution in [1.82, 2.24) is 0 Å². The van der Waals surface area contributed by atoms with Gasteiger partial charge in [-0.15, -0.1) is 0 Å². The number of aliphatic carboxylic acids is 1. The Bertz CT molecular complexity index is 1020. The third kappa shape index (κ3) is 6.44. The van der Waals surface area contributed by atoms with E-state index in [1.807, 2.05) is 38.1 Å². The number of anilines is 1. The van der Waals surface area contributed by atoms with E-state index >= 15 is 0 Å². The highest BCUT2D eigenvalue weighted by molar-refractivity contribution is 5.92. The molecule has 0 radical (unpaired) electrons. The number of ether oxygens (including phenoxy) is 1. The minimum absolute atomic E-state index is 0.0597. The van der Waals surface area contributed by atoms with Crippen LogP contribution in [-0.2, 0) is 20.8 Å². The van der Waals surface area contributed by atoms with Crippen LogP contribution in [0.2, 0.25) is 0 Å². The molecule has 0 heterocycles. The van der Waals surface area contributed by atoms with Gasteiger partial charge in [0.1, 0.15) is 11.8 Å². The molecule has 3 rings (SSSR count). The van der Waals surface area contributed by atoms with Gasteiger partial charge in [0.25, 0.3) is 0 Å². The number of nitrogens with one attached hydrogen (secondary N) is 1. The van der Waals surface area contributed by atoms with Crippen molar-refractivity contribution >= 4 is 23.3 Å². The lowest BCUT2D eigenvalue weighted by Gasteiger charge is -2.30. The molecule has 1 amide bonds. The zero-order valence-corrected chi connectivity index (χ0v) is 20.1. The monoisotopic (exact) mass is 466 g/mol. The maximum absolute atomic E-state index is 13.1. The predicted molar refractivity (Wildman–Crippen MR) is 131 cm³/mol.